The summed E-state index contributed by atoms with van der Waals surface area (Å²) in [5.41, 5.74) is 0. The highest BCUT2D eigenvalue weighted by molar-refractivity contribution is 7.99. The summed E-state index contributed by atoms with van der Waals surface area (Å²) < 4.78 is 0. The SMILES string of the molecule is CCN1CCCC(NC2CCSCC2)CC1. The fourth-order valence-electron chi connectivity index (χ4n) is 2.84. The number of likely N-dealkylation sites (tertiary alicyclic amines) is 1. The maximum absolute atomic E-state index is 3.90. The van der Waals surface area contributed by atoms with Crippen LogP contribution in [0.25, 0.3) is 0 Å². The minimum Gasteiger partial charge on any atom is -0.311 e. The summed E-state index contributed by atoms with van der Waals surface area (Å²) in [4.78, 5) is 2.60. The van der Waals surface area contributed by atoms with Gasteiger partial charge in [0.2, 0.25) is 0 Å². The molecule has 1 atom stereocenters. The monoisotopic (exact) mass is 242 g/mol. The van der Waals surface area contributed by atoms with Crippen LogP contribution in [-0.4, -0.2) is 48.1 Å². The molecule has 0 aromatic carbocycles. The number of rotatable bonds is 3. The molecule has 0 aliphatic carbocycles. The highest BCUT2D eigenvalue weighted by Crippen LogP contribution is 2.19. The number of hydrogen-bond donors (Lipinski definition) is 1. The lowest BCUT2D eigenvalue weighted by molar-refractivity contribution is 0.294. The summed E-state index contributed by atoms with van der Waals surface area (Å²) in [5, 5.41) is 3.90. The molecule has 16 heavy (non-hydrogen) atoms. The Morgan fingerprint density at radius 1 is 1.06 bits per heavy atom. The molecule has 0 aromatic heterocycles. The van der Waals surface area contributed by atoms with Crippen molar-refractivity contribution in [2.24, 2.45) is 0 Å². The molecule has 0 bridgehead atoms. The van der Waals surface area contributed by atoms with Gasteiger partial charge in [0.25, 0.3) is 0 Å². The third kappa shape index (κ3) is 3.94. The molecule has 1 N–H and O–H groups in total. The van der Waals surface area contributed by atoms with Crippen molar-refractivity contribution < 1.29 is 0 Å². The summed E-state index contributed by atoms with van der Waals surface area (Å²) in [6.07, 6.45) is 6.90. The van der Waals surface area contributed by atoms with Crippen LogP contribution >= 0.6 is 11.8 Å². The zero-order valence-electron chi connectivity index (χ0n) is 10.6. The van der Waals surface area contributed by atoms with Crippen LogP contribution in [0.4, 0.5) is 0 Å². The first-order valence-corrected chi connectivity index (χ1v) is 8.10. The van der Waals surface area contributed by atoms with Gasteiger partial charge in [-0.3, -0.25) is 0 Å². The lowest BCUT2D eigenvalue weighted by Crippen LogP contribution is -2.40. The number of hydrogen-bond acceptors (Lipinski definition) is 3. The van der Waals surface area contributed by atoms with E-state index in [2.05, 4.69) is 28.9 Å². The Balaban J connectivity index is 1.72. The Hall–Kier alpha value is 0.270. The molecule has 2 rings (SSSR count). The summed E-state index contributed by atoms with van der Waals surface area (Å²) in [6, 6.07) is 1.61. The van der Waals surface area contributed by atoms with E-state index >= 15 is 0 Å². The Morgan fingerprint density at radius 3 is 2.56 bits per heavy atom. The van der Waals surface area contributed by atoms with E-state index < -0.39 is 0 Å². The van der Waals surface area contributed by atoms with Gasteiger partial charge in [-0.05, 0) is 63.2 Å². The van der Waals surface area contributed by atoms with Crippen molar-refractivity contribution in [1.29, 1.82) is 0 Å². The molecule has 1 unspecified atom stereocenters. The maximum atomic E-state index is 3.90. The number of nitrogens with one attached hydrogen (secondary N) is 1. The molecule has 94 valence electrons. The van der Waals surface area contributed by atoms with Crippen LogP contribution in [0.5, 0.6) is 0 Å². The Kier molecular flexibility index (Phi) is 5.46. The molecule has 0 spiro atoms. The zero-order valence-corrected chi connectivity index (χ0v) is 11.4. The predicted molar refractivity (Wildman–Crippen MR) is 73.2 cm³/mol. The normalized spacial score (nSPS) is 30.2. The van der Waals surface area contributed by atoms with Gasteiger partial charge in [-0.2, -0.15) is 11.8 Å². The fourth-order valence-corrected chi connectivity index (χ4v) is 3.94. The van der Waals surface area contributed by atoms with Gasteiger partial charge in [0.15, 0.2) is 0 Å². The summed E-state index contributed by atoms with van der Waals surface area (Å²) in [7, 11) is 0. The number of thioether (sulfide) groups is 1. The largest absolute Gasteiger partial charge is 0.311 e. The van der Waals surface area contributed by atoms with Gasteiger partial charge >= 0.3 is 0 Å². The molecule has 3 heteroatoms. The molecule has 0 saturated carbocycles. The van der Waals surface area contributed by atoms with E-state index in [0.717, 1.165) is 12.1 Å². The van der Waals surface area contributed by atoms with Gasteiger partial charge in [0, 0.05) is 12.1 Å². The van der Waals surface area contributed by atoms with Crippen LogP contribution in [0.15, 0.2) is 0 Å². The van der Waals surface area contributed by atoms with E-state index in [1.54, 1.807) is 0 Å². The third-order valence-electron chi connectivity index (χ3n) is 3.96. The van der Waals surface area contributed by atoms with Gasteiger partial charge in [0.05, 0.1) is 0 Å². The lowest BCUT2D eigenvalue weighted by Gasteiger charge is -2.27. The molecule has 2 saturated heterocycles. The van der Waals surface area contributed by atoms with Gasteiger partial charge in [0.1, 0.15) is 0 Å². The molecular weight excluding hydrogens is 216 g/mol. The first-order chi connectivity index (χ1) is 7.88. The second-order valence-electron chi connectivity index (χ2n) is 5.12. The van der Waals surface area contributed by atoms with Crippen LogP contribution < -0.4 is 5.32 Å². The third-order valence-corrected chi connectivity index (χ3v) is 5.01. The van der Waals surface area contributed by atoms with Crippen LogP contribution in [-0.2, 0) is 0 Å². The average molecular weight is 242 g/mol. The van der Waals surface area contributed by atoms with E-state index in [1.165, 1.54) is 63.2 Å². The highest BCUT2D eigenvalue weighted by Gasteiger charge is 2.20. The van der Waals surface area contributed by atoms with Gasteiger partial charge in [-0.25, -0.2) is 0 Å². The molecule has 2 nitrogen and oxygen atoms in total. The van der Waals surface area contributed by atoms with Crippen molar-refractivity contribution in [2.45, 2.75) is 51.1 Å². The van der Waals surface area contributed by atoms with E-state index in [4.69, 9.17) is 0 Å². The molecule has 0 radical (unpaired) electrons. The molecular formula is C13H26N2S. The lowest BCUT2D eigenvalue weighted by atomic mass is 10.1. The summed E-state index contributed by atoms with van der Waals surface area (Å²) >= 11 is 2.12. The topological polar surface area (TPSA) is 15.3 Å². The van der Waals surface area contributed by atoms with Crippen molar-refractivity contribution in [3.8, 4) is 0 Å². The summed E-state index contributed by atoms with van der Waals surface area (Å²) in [6.45, 7) is 6.13. The summed E-state index contributed by atoms with van der Waals surface area (Å²) in [5.74, 6) is 2.73. The molecule has 2 heterocycles. The highest BCUT2D eigenvalue weighted by atomic mass is 32.2. The minimum atomic E-state index is 0.796. The second kappa shape index (κ2) is 6.87. The molecule has 0 amide bonds. The molecule has 2 aliphatic rings. The first kappa shape index (κ1) is 12.7. The van der Waals surface area contributed by atoms with Crippen molar-refractivity contribution in [1.82, 2.24) is 10.2 Å². The average Bonchev–Trinajstić information content (AvgIpc) is 2.56. The van der Waals surface area contributed by atoms with E-state index in [0.29, 0.717) is 0 Å². The smallest absolute Gasteiger partial charge is 0.00853 e. The molecule has 0 aromatic rings. The van der Waals surface area contributed by atoms with Crippen molar-refractivity contribution >= 4 is 11.8 Å². The van der Waals surface area contributed by atoms with Crippen molar-refractivity contribution in [3.63, 3.8) is 0 Å². The van der Waals surface area contributed by atoms with Crippen LogP contribution in [0.1, 0.15) is 39.0 Å². The van der Waals surface area contributed by atoms with Crippen LogP contribution in [0.3, 0.4) is 0 Å². The predicted octanol–water partition coefficient (Wildman–Crippen LogP) is 2.35. The van der Waals surface area contributed by atoms with E-state index in [1.807, 2.05) is 0 Å². The Morgan fingerprint density at radius 2 is 1.81 bits per heavy atom. The molecule has 2 fully saturated rings. The standard InChI is InChI=1S/C13H26N2S/c1-2-15-8-3-4-12(5-9-15)14-13-6-10-16-11-7-13/h12-14H,2-11H2,1H3. The van der Waals surface area contributed by atoms with Gasteiger partial charge in [-0.1, -0.05) is 6.92 Å². The maximum Gasteiger partial charge on any atom is 0.00853 e. The van der Waals surface area contributed by atoms with Crippen LogP contribution in [0, 0.1) is 0 Å². The Labute approximate surface area is 105 Å². The van der Waals surface area contributed by atoms with Gasteiger partial charge in [-0.15, -0.1) is 0 Å². The minimum absolute atomic E-state index is 0.796. The van der Waals surface area contributed by atoms with Crippen molar-refractivity contribution in [3.05, 3.63) is 0 Å². The van der Waals surface area contributed by atoms with Gasteiger partial charge < -0.3 is 10.2 Å². The Bertz CT molecular complexity index is 192. The first-order valence-electron chi connectivity index (χ1n) is 6.94. The second-order valence-corrected chi connectivity index (χ2v) is 6.34. The molecule has 2 aliphatic heterocycles. The fraction of sp³-hybridized carbons (Fsp3) is 1.00. The van der Waals surface area contributed by atoms with E-state index in [-0.39, 0.29) is 0 Å². The number of nitrogens with zero attached hydrogens (tertiary/aromatic N) is 1. The van der Waals surface area contributed by atoms with Crippen molar-refractivity contribution in [2.75, 3.05) is 31.1 Å². The zero-order chi connectivity index (χ0) is 11.2. The van der Waals surface area contributed by atoms with E-state index in [9.17, 15) is 0 Å². The quantitative estimate of drug-likeness (QED) is 0.818. The van der Waals surface area contributed by atoms with Crippen LogP contribution in [0.2, 0.25) is 0 Å².